The van der Waals surface area contributed by atoms with Crippen LogP contribution in [0.5, 0.6) is 5.75 Å². The molecule has 43 heavy (non-hydrogen) atoms. The van der Waals surface area contributed by atoms with Crippen LogP contribution in [0.1, 0.15) is 96.8 Å². The van der Waals surface area contributed by atoms with Crippen LogP contribution >= 0.6 is 7.81 Å². The Morgan fingerprint density at radius 3 is 1.16 bits per heavy atom. The van der Waals surface area contributed by atoms with Crippen molar-refractivity contribution in [2.24, 2.45) is 0 Å². The molecule has 0 heterocycles. The topological polar surface area (TPSA) is 9.23 Å². The first kappa shape index (κ1) is 37.0. The molecule has 0 saturated carbocycles. The molecule has 0 aromatic heterocycles. The molecule has 0 aliphatic heterocycles. The van der Waals surface area contributed by atoms with Crippen LogP contribution in [0.25, 0.3) is 0 Å². The molecule has 0 fully saturated rings. The van der Waals surface area contributed by atoms with Gasteiger partial charge in [0.15, 0.2) is 14.7 Å². The van der Waals surface area contributed by atoms with Crippen LogP contribution in [0.2, 0.25) is 0 Å². The fourth-order valence-electron chi connectivity index (χ4n) is 4.68. The van der Waals surface area contributed by atoms with Gasteiger partial charge in [0.2, 0.25) is 0 Å². The van der Waals surface area contributed by atoms with Gasteiger partial charge in [0.1, 0.15) is 5.75 Å². The van der Waals surface area contributed by atoms with E-state index >= 15 is 0 Å². The van der Waals surface area contributed by atoms with E-state index in [-0.39, 0.29) is 10.9 Å². The van der Waals surface area contributed by atoms with Gasteiger partial charge in [-0.2, -0.15) is 0 Å². The summed E-state index contributed by atoms with van der Waals surface area (Å²) in [6, 6.07) is 30.4. The van der Waals surface area contributed by atoms with Crippen molar-refractivity contribution < 1.29 is 29.9 Å². The van der Waals surface area contributed by atoms with E-state index in [0.717, 1.165) is 18.8 Å². The van der Waals surface area contributed by atoms with Crippen molar-refractivity contribution in [3.05, 3.63) is 84.9 Å². The van der Waals surface area contributed by atoms with Gasteiger partial charge in [0.05, 0.1) is 17.5 Å². The summed E-state index contributed by atoms with van der Waals surface area (Å²) in [5, 5.41) is 0. The standard InChI is InChI=1S/C34H47OS.F6P/c1-2-3-4-5-6-7-8-9-10-11-12-13-14-21-30-35-31-26-28-34(29-27-31)36(32-22-17-15-18-23-32)33-24-19-16-20-25-33;1-7(2,3,4,5)6/h15-20,22-29H,2-14,21,30H2,1H3;/q+1;-1. The Morgan fingerprint density at radius 2 is 0.791 bits per heavy atom. The fraction of sp³-hybridized carbons (Fsp3) is 0.471. The summed E-state index contributed by atoms with van der Waals surface area (Å²) in [6.45, 7) is 3.11. The normalized spacial score (nSPS) is 13.1. The second-order valence-electron chi connectivity index (χ2n) is 10.8. The number of hydrogen-bond acceptors (Lipinski definition) is 1. The number of unbranched alkanes of at least 4 members (excludes halogenated alkanes) is 13. The summed E-state index contributed by atoms with van der Waals surface area (Å²) >= 11 is 0. The Bertz CT molecular complexity index is 1080. The average molecular weight is 649 g/mol. The number of ether oxygens (including phenoxy) is 1. The fourth-order valence-corrected chi connectivity index (χ4v) is 6.76. The molecule has 0 N–H and O–H groups in total. The average Bonchev–Trinajstić information content (AvgIpc) is 2.95. The van der Waals surface area contributed by atoms with Gasteiger partial charge >= 0.3 is 33.0 Å². The minimum absolute atomic E-state index is 0.0959. The first-order valence-corrected chi connectivity index (χ1v) is 18.7. The van der Waals surface area contributed by atoms with Crippen molar-refractivity contribution in [2.75, 3.05) is 6.61 Å². The van der Waals surface area contributed by atoms with E-state index in [1.807, 2.05) is 0 Å². The summed E-state index contributed by atoms with van der Waals surface area (Å²) < 4.78 is 65.3. The van der Waals surface area contributed by atoms with Crippen molar-refractivity contribution >= 4 is 18.7 Å². The first-order chi connectivity index (χ1) is 20.3. The third-order valence-electron chi connectivity index (χ3n) is 6.78. The molecule has 242 valence electrons. The van der Waals surface area contributed by atoms with E-state index in [9.17, 15) is 25.2 Å². The molecule has 3 aromatic rings. The maximum absolute atomic E-state index is 10.7. The van der Waals surface area contributed by atoms with Crippen LogP contribution < -0.4 is 4.74 Å². The van der Waals surface area contributed by atoms with Gasteiger partial charge in [-0.15, -0.1) is 0 Å². The minimum atomic E-state index is -10.7. The van der Waals surface area contributed by atoms with Crippen molar-refractivity contribution in [3.8, 4) is 5.75 Å². The second-order valence-corrected chi connectivity index (χ2v) is 14.7. The van der Waals surface area contributed by atoms with Crippen molar-refractivity contribution in [3.63, 3.8) is 0 Å². The third-order valence-corrected chi connectivity index (χ3v) is 9.01. The van der Waals surface area contributed by atoms with E-state index in [2.05, 4.69) is 91.9 Å². The summed E-state index contributed by atoms with van der Waals surface area (Å²) in [5.74, 6) is 0.984. The molecule has 0 radical (unpaired) electrons. The molecule has 0 atom stereocenters. The van der Waals surface area contributed by atoms with Gasteiger partial charge in [-0.3, -0.25) is 0 Å². The molecule has 0 unspecified atom stereocenters. The summed E-state index contributed by atoms with van der Waals surface area (Å²) in [4.78, 5) is 4.02. The third kappa shape index (κ3) is 20.4. The molecule has 3 rings (SSSR count). The van der Waals surface area contributed by atoms with Crippen molar-refractivity contribution in [1.29, 1.82) is 0 Å². The van der Waals surface area contributed by atoms with Crippen LogP contribution in [-0.2, 0) is 10.9 Å². The Morgan fingerprint density at radius 1 is 0.465 bits per heavy atom. The van der Waals surface area contributed by atoms with Crippen LogP contribution in [0.4, 0.5) is 25.2 Å². The summed E-state index contributed by atoms with van der Waals surface area (Å²) in [6.07, 6.45) is 19.4. The summed E-state index contributed by atoms with van der Waals surface area (Å²) in [5.41, 5.74) is 0. The van der Waals surface area contributed by atoms with Crippen LogP contribution in [-0.4, -0.2) is 6.61 Å². The number of rotatable bonds is 19. The monoisotopic (exact) mass is 648 g/mol. The molecule has 0 saturated heterocycles. The van der Waals surface area contributed by atoms with Crippen LogP contribution in [0.3, 0.4) is 0 Å². The molecule has 0 bridgehead atoms. The summed E-state index contributed by atoms with van der Waals surface area (Å²) in [7, 11) is -10.8. The second kappa shape index (κ2) is 17.9. The molecule has 3 aromatic carbocycles. The molecule has 0 aliphatic rings. The van der Waals surface area contributed by atoms with Gasteiger partial charge in [-0.1, -0.05) is 127 Å². The van der Waals surface area contributed by atoms with Crippen molar-refractivity contribution in [2.45, 2.75) is 112 Å². The predicted octanol–water partition coefficient (Wildman–Crippen LogP) is 14.0. The molecule has 9 heteroatoms. The van der Waals surface area contributed by atoms with Crippen LogP contribution in [0, 0.1) is 0 Å². The number of hydrogen-bond donors (Lipinski definition) is 0. The van der Waals surface area contributed by atoms with Gasteiger partial charge in [0, 0.05) is 0 Å². The quantitative estimate of drug-likeness (QED) is 0.0544. The molecule has 0 amide bonds. The van der Waals surface area contributed by atoms with E-state index in [0.29, 0.717) is 0 Å². The van der Waals surface area contributed by atoms with Gasteiger partial charge in [-0.05, 0) is 55.0 Å². The van der Waals surface area contributed by atoms with Gasteiger partial charge in [0.25, 0.3) is 0 Å². The van der Waals surface area contributed by atoms with Crippen molar-refractivity contribution in [1.82, 2.24) is 0 Å². The van der Waals surface area contributed by atoms with E-state index in [1.165, 1.54) is 98.2 Å². The molecule has 0 aliphatic carbocycles. The van der Waals surface area contributed by atoms with E-state index in [4.69, 9.17) is 4.74 Å². The Balaban J connectivity index is 0.000000821. The Labute approximate surface area is 257 Å². The van der Waals surface area contributed by atoms with Gasteiger partial charge < -0.3 is 4.74 Å². The number of benzene rings is 3. The van der Waals surface area contributed by atoms with Gasteiger partial charge in [-0.25, -0.2) is 0 Å². The number of halogens is 6. The predicted molar refractivity (Wildman–Crippen MR) is 171 cm³/mol. The zero-order chi connectivity index (χ0) is 31.5. The molecule has 1 nitrogen and oxygen atoms in total. The molecule has 0 spiro atoms. The van der Waals surface area contributed by atoms with E-state index in [1.54, 1.807) is 0 Å². The maximum atomic E-state index is 9.87. The zero-order valence-corrected chi connectivity index (χ0v) is 26.9. The first-order valence-electron chi connectivity index (χ1n) is 15.5. The SMILES string of the molecule is CCCCCCCCCCCCCCCCOc1ccc([S+](c2ccccc2)c2ccccc2)cc1.F[P-](F)(F)(F)(F)F. The van der Waals surface area contributed by atoms with E-state index < -0.39 is 7.81 Å². The van der Waals surface area contributed by atoms with Crippen LogP contribution in [0.15, 0.2) is 99.6 Å². The Hall–Kier alpha value is -2.18. The Kier molecular flexibility index (Phi) is 15.4. The molecular weight excluding hydrogens is 601 g/mol. The molecular formula is C34H47F6OPS. The zero-order valence-electron chi connectivity index (χ0n) is 25.2.